The van der Waals surface area contributed by atoms with Crippen molar-refractivity contribution in [3.05, 3.63) is 51.7 Å². The highest BCUT2D eigenvalue weighted by molar-refractivity contribution is 7.13. The monoisotopic (exact) mass is 305 g/mol. The number of hydrogen-bond donors (Lipinski definition) is 2. The molecule has 0 radical (unpaired) electrons. The van der Waals surface area contributed by atoms with Gasteiger partial charge in [-0.1, -0.05) is 0 Å². The Balaban J connectivity index is 1.74. The molecule has 0 atom stereocenters. The van der Waals surface area contributed by atoms with Gasteiger partial charge in [0.25, 0.3) is 5.91 Å². The van der Waals surface area contributed by atoms with E-state index in [1.807, 2.05) is 13.0 Å². The average Bonchev–Trinajstić information content (AvgIpc) is 2.90. The molecule has 0 aliphatic heterocycles. The van der Waals surface area contributed by atoms with Crippen LogP contribution in [0.2, 0.25) is 0 Å². The molecule has 5 nitrogen and oxygen atoms in total. The molecular formula is C15H15NO4S. The van der Waals surface area contributed by atoms with E-state index in [9.17, 15) is 9.59 Å². The van der Waals surface area contributed by atoms with Gasteiger partial charge in [-0.15, -0.1) is 11.3 Å². The summed E-state index contributed by atoms with van der Waals surface area (Å²) in [4.78, 5) is 24.2. The first-order valence-electron chi connectivity index (χ1n) is 6.37. The molecule has 1 aromatic carbocycles. The van der Waals surface area contributed by atoms with Gasteiger partial charge in [0, 0.05) is 4.88 Å². The van der Waals surface area contributed by atoms with Crippen LogP contribution in [-0.4, -0.2) is 30.1 Å². The number of thiophene rings is 1. The van der Waals surface area contributed by atoms with Crippen LogP contribution in [0, 0.1) is 6.92 Å². The third kappa shape index (κ3) is 4.32. The smallest absolute Gasteiger partial charge is 0.335 e. The van der Waals surface area contributed by atoms with Gasteiger partial charge in [0.1, 0.15) is 12.4 Å². The van der Waals surface area contributed by atoms with Crippen LogP contribution in [0.4, 0.5) is 0 Å². The molecular weight excluding hydrogens is 290 g/mol. The number of carboxylic acids is 1. The number of aryl methyl sites for hydroxylation is 1. The van der Waals surface area contributed by atoms with Crippen LogP contribution >= 0.6 is 11.3 Å². The summed E-state index contributed by atoms with van der Waals surface area (Å²) in [6.45, 7) is 2.66. The van der Waals surface area contributed by atoms with Crippen molar-refractivity contribution >= 4 is 23.2 Å². The highest BCUT2D eigenvalue weighted by atomic mass is 32.1. The van der Waals surface area contributed by atoms with Gasteiger partial charge in [-0.25, -0.2) is 4.79 Å². The minimum Gasteiger partial charge on any atom is -0.492 e. The van der Waals surface area contributed by atoms with Gasteiger partial charge in [-0.3, -0.25) is 4.79 Å². The molecule has 21 heavy (non-hydrogen) atoms. The summed E-state index contributed by atoms with van der Waals surface area (Å²) in [5.41, 5.74) is 0.212. The van der Waals surface area contributed by atoms with E-state index in [0.717, 1.165) is 4.88 Å². The number of amides is 1. The molecule has 6 heteroatoms. The third-order valence-electron chi connectivity index (χ3n) is 2.72. The first-order valence-corrected chi connectivity index (χ1v) is 7.19. The summed E-state index contributed by atoms with van der Waals surface area (Å²) < 4.78 is 5.43. The molecule has 1 heterocycles. The summed E-state index contributed by atoms with van der Waals surface area (Å²) in [7, 11) is 0. The van der Waals surface area contributed by atoms with Gasteiger partial charge < -0.3 is 15.2 Å². The topological polar surface area (TPSA) is 75.6 Å². The fraction of sp³-hybridized carbons (Fsp3) is 0.200. The van der Waals surface area contributed by atoms with Gasteiger partial charge in [-0.05, 0) is 43.3 Å². The van der Waals surface area contributed by atoms with Crippen molar-refractivity contribution in [2.75, 3.05) is 13.2 Å². The van der Waals surface area contributed by atoms with Gasteiger partial charge in [0.05, 0.1) is 17.0 Å². The third-order valence-corrected chi connectivity index (χ3v) is 3.72. The van der Waals surface area contributed by atoms with E-state index < -0.39 is 5.97 Å². The Morgan fingerprint density at radius 2 is 1.90 bits per heavy atom. The van der Waals surface area contributed by atoms with Crippen LogP contribution in [0.25, 0.3) is 0 Å². The molecule has 1 amide bonds. The van der Waals surface area contributed by atoms with Crippen molar-refractivity contribution in [1.29, 1.82) is 0 Å². The van der Waals surface area contributed by atoms with Gasteiger partial charge >= 0.3 is 5.97 Å². The summed E-state index contributed by atoms with van der Waals surface area (Å²) in [5.74, 6) is -0.515. The molecule has 0 unspecified atom stereocenters. The Labute approximate surface area is 126 Å². The second kappa shape index (κ2) is 6.90. The number of carboxylic acid groups (broad SMARTS) is 1. The standard InChI is InChI=1S/C15H15NO4S/c1-10-2-7-13(21-10)14(17)16-8-9-20-12-5-3-11(4-6-12)15(18)19/h2-7H,8-9H2,1H3,(H,16,17)(H,18,19). The summed E-state index contributed by atoms with van der Waals surface area (Å²) in [6.07, 6.45) is 0. The van der Waals surface area contributed by atoms with Crippen molar-refractivity contribution in [2.45, 2.75) is 6.92 Å². The SMILES string of the molecule is Cc1ccc(C(=O)NCCOc2ccc(C(=O)O)cc2)s1. The number of hydrogen-bond acceptors (Lipinski definition) is 4. The largest absolute Gasteiger partial charge is 0.492 e. The van der Waals surface area contributed by atoms with Crippen molar-refractivity contribution < 1.29 is 19.4 Å². The van der Waals surface area contributed by atoms with Crippen LogP contribution in [0.15, 0.2) is 36.4 Å². The zero-order valence-electron chi connectivity index (χ0n) is 11.5. The van der Waals surface area contributed by atoms with Crippen LogP contribution in [0.3, 0.4) is 0 Å². The fourth-order valence-electron chi connectivity index (χ4n) is 1.67. The Kier molecular flexibility index (Phi) is 4.94. The number of ether oxygens (including phenoxy) is 1. The number of carbonyl (C=O) groups is 2. The highest BCUT2D eigenvalue weighted by Crippen LogP contribution is 2.14. The summed E-state index contributed by atoms with van der Waals surface area (Å²) >= 11 is 1.45. The molecule has 0 saturated carbocycles. The summed E-state index contributed by atoms with van der Waals surface area (Å²) in [5, 5.41) is 11.5. The van der Waals surface area contributed by atoms with Crippen LogP contribution < -0.4 is 10.1 Å². The molecule has 2 N–H and O–H groups in total. The Bertz CT molecular complexity index is 633. The van der Waals surface area contributed by atoms with Crippen molar-refractivity contribution in [3.63, 3.8) is 0 Å². The van der Waals surface area contributed by atoms with E-state index >= 15 is 0 Å². The van der Waals surface area contributed by atoms with E-state index in [1.54, 1.807) is 18.2 Å². The molecule has 2 aromatic rings. The maximum atomic E-state index is 11.8. The maximum Gasteiger partial charge on any atom is 0.335 e. The van der Waals surface area contributed by atoms with Crippen molar-refractivity contribution in [2.24, 2.45) is 0 Å². The van der Waals surface area contributed by atoms with Crippen LogP contribution in [0.1, 0.15) is 24.9 Å². The number of nitrogens with one attached hydrogen (secondary N) is 1. The lowest BCUT2D eigenvalue weighted by Crippen LogP contribution is -2.27. The van der Waals surface area contributed by atoms with Crippen LogP contribution in [-0.2, 0) is 0 Å². The average molecular weight is 305 g/mol. The fourth-order valence-corrected chi connectivity index (χ4v) is 2.45. The van der Waals surface area contributed by atoms with Crippen LogP contribution in [0.5, 0.6) is 5.75 Å². The first kappa shape index (κ1) is 15.1. The zero-order chi connectivity index (χ0) is 15.2. The number of benzene rings is 1. The Morgan fingerprint density at radius 3 is 2.48 bits per heavy atom. The van der Waals surface area contributed by atoms with E-state index in [1.165, 1.54) is 23.5 Å². The number of rotatable bonds is 6. The maximum absolute atomic E-state index is 11.8. The molecule has 1 aromatic heterocycles. The van der Waals surface area contributed by atoms with Gasteiger partial charge in [-0.2, -0.15) is 0 Å². The van der Waals surface area contributed by atoms with E-state index in [4.69, 9.17) is 9.84 Å². The lowest BCUT2D eigenvalue weighted by atomic mass is 10.2. The first-order chi connectivity index (χ1) is 10.1. The molecule has 0 aliphatic carbocycles. The molecule has 2 rings (SSSR count). The molecule has 0 bridgehead atoms. The van der Waals surface area contributed by atoms with Gasteiger partial charge in [0.15, 0.2) is 0 Å². The Hall–Kier alpha value is -2.34. The molecule has 0 spiro atoms. The number of aromatic carboxylic acids is 1. The van der Waals surface area contributed by atoms with Crippen molar-refractivity contribution in [1.82, 2.24) is 5.32 Å². The second-order valence-electron chi connectivity index (χ2n) is 4.34. The minimum atomic E-state index is -0.972. The lowest BCUT2D eigenvalue weighted by molar-refractivity contribution is 0.0696. The second-order valence-corrected chi connectivity index (χ2v) is 5.63. The van der Waals surface area contributed by atoms with E-state index in [-0.39, 0.29) is 11.5 Å². The quantitative estimate of drug-likeness (QED) is 0.804. The molecule has 0 fully saturated rings. The Morgan fingerprint density at radius 1 is 1.19 bits per heavy atom. The summed E-state index contributed by atoms with van der Waals surface area (Å²) in [6, 6.07) is 9.83. The highest BCUT2D eigenvalue weighted by Gasteiger charge is 2.07. The lowest BCUT2D eigenvalue weighted by Gasteiger charge is -2.07. The minimum absolute atomic E-state index is 0.113. The normalized spacial score (nSPS) is 10.1. The molecule has 110 valence electrons. The zero-order valence-corrected chi connectivity index (χ0v) is 12.3. The predicted molar refractivity (Wildman–Crippen MR) is 80.3 cm³/mol. The predicted octanol–water partition coefficient (Wildman–Crippen LogP) is 2.56. The van der Waals surface area contributed by atoms with E-state index in [0.29, 0.717) is 23.8 Å². The molecule has 0 saturated heterocycles. The van der Waals surface area contributed by atoms with Crippen molar-refractivity contribution in [3.8, 4) is 5.75 Å². The van der Waals surface area contributed by atoms with Gasteiger partial charge in [0.2, 0.25) is 0 Å². The van der Waals surface area contributed by atoms with E-state index in [2.05, 4.69) is 5.32 Å². The molecule has 0 aliphatic rings. The number of carbonyl (C=O) groups excluding carboxylic acids is 1.